The van der Waals surface area contributed by atoms with E-state index in [2.05, 4.69) is 48.8 Å². The average Bonchev–Trinajstić information content (AvgIpc) is 3.61. The van der Waals surface area contributed by atoms with E-state index in [1.54, 1.807) is 17.9 Å². The van der Waals surface area contributed by atoms with E-state index in [0.29, 0.717) is 36.4 Å². The van der Waals surface area contributed by atoms with Gasteiger partial charge in [-0.2, -0.15) is 9.50 Å². The maximum absolute atomic E-state index is 6.23. The topological polar surface area (TPSA) is 110 Å². The van der Waals surface area contributed by atoms with Crippen LogP contribution in [0.3, 0.4) is 0 Å². The van der Waals surface area contributed by atoms with E-state index in [0.717, 1.165) is 57.4 Å². The summed E-state index contributed by atoms with van der Waals surface area (Å²) in [7, 11) is 1.68. The van der Waals surface area contributed by atoms with Crippen LogP contribution in [0.2, 0.25) is 0 Å². The highest BCUT2D eigenvalue weighted by molar-refractivity contribution is 5.59. The number of anilines is 3. The highest BCUT2D eigenvalue weighted by Crippen LogP contribution is 2.23. The van der Waals surface area contributed by atoms with Gasteiger partial charge in [-0.15, -0.1) is 5.10 Å². The molecule has 5 rings (SSSR count). The number of nitrogens with two attached hydrogens (primary N) is 1. The Labute approximate surface area is 216 Å². The lowest BCUT2D eigenvalue weighted by Crippen LogP contribution is -2.48. The molecule has 0 atom stereocenters. The van der Waals surface area contributed by atoms with Crippen LogP contribution in [0, 0.1) is 0 Å². The van der Waals surface area contributed by atoms with E-state index in [-0.39, 0.29) is 0 Å². The summed E-state index contributed by atoms with van der Waals surface area (Å²) < 4.78 is 17.7. The molecule has 4 aromatic rings. The molecule has 196 valence electrons. The van der Waals surface area contributed by atoms with Gasteiger partial charge in [0.15, 0.2) is 11.4 Å². The number of nitrogen functional groups attached to an aromatic ring is 1. The summed E-state index contributed by atoms with van der Waals surface area (Å²) in [6.45, 7) is 9.89. The summed E-state index contributed by atoms with van der Waals surface area (Å²) in [5, 5.41) is 4.43. The number of hydrogen-bond acceptors (Lipinski definition) is 10. The molecule has 2 N–H and O–H groups in total. The summed E-state index contributed by atoms with van der Waals surface area (Å²) in [4.78, 5) is 16.3. The fourth-order valence-electron chi connectivity index (χ4n) is 4.49. The number of benzene rings is 1. The Bertz CT molecular complexity index is 1270. The molecule has 0 radical (unpaired) electrons. The van der Waals surface area contributed by atoms with Crippen LogP contribution < -0.4 is 20.3 Å². The van der Waals surface area contributed by atoms with E-state index < -0.39 is 0 Å². The normalized spacial score (nSPS) is 14.4. The summed E-state index contributed by atoms with van der Waals surface area (Å²) in [6.07, 6.45) is 1.60. The van der Waals surface area contributed by atoms with Crippen molar-refractivity contribution < 1.29 is 13.9 Å². The molecular weight excluding hydrogens is 472 g/mol. The number of rotatable bonds is 11. The zero-order valence-corrected chi connectivity index (χ0v) is 21.4. The standard InChI is InChI=1S/C26H34N8O3/c1-3-32(23-19-24-28-25(22-5-4-16-37-22)30-34(24)26(27)29-23)13-10-31-11-14-33(15-12-31)20-6-8-21(9-7-20)36-18-17-35-2/h4-9,16,19H,3,10-15,17-18H2,1-2H3,(H2,27,29). The maximum atomic E-state index is 6.23. The second kappa shape index (κ2) is 11.5. The predicted octanol–water partition coefficient (Wildman–Crippen LogP) is 2.64. The van der Waals surface area contributed by atoms with Crippen molar-refractivity contribution in [3.63, 3.8) is 0 Å². The lowest BCUT2D eigenvalue weighted by Gasteiger charge is -2.37. The fourth-order valence-corrected chi connectivity index (χ4v) is 4.49. The molecule has 0 bridgehead atoms. The van der Waals surface area contributed by atoms with E-state index >= 15 is 0 Å². The molecule has 0 aliphatic carbocycles. The van der Waals surface area contributed by atoms with Crippen LogP contribution in [0.1, 0.15) is 6.92 Å². The number of ether oxygens (including phenoxy) is 2. The first kappa shape index (κ1) is 24.8. The Balaban J connectivity index is 1.15. The molecule has 11 heteroatoms. The molecule has 0 saturated carbocycles. The third-order valence-electron chi connectivity index (χ3n) is 6.60. The molecule has 4 heterocycles. The first-order valence-electron chi connectivity index (χ1n) is 12.7. The van der Waals surface area contributed by atoms with Crippen molar-refractivity contribution in [2.45, 2.75) is 6.92 Å². The first-order chi connectivity index (χ1) is 18.1. The van der Waals surface area contributed by atoms with Gasteiger partial charge in [0.1, 0.15) is 18.2 Å². The van der Waals surface area contributed by atoms with E-state index in [9.17, 15) is 0 Å². The van der Waals surface area contributed by atoms with Crippen molar-refractivity contribution in [2.24, 2.45) is 0 Å². The minimum atomic E-state index is 0.306. The Kier molecular flexibility index (Phi) is 7.71. The number of hydrogen-bond donors (Lipinski definition) is 1. The van der Waals surface area contributed by atoms with Crippen LogP contribution in [0.15, 0.2) is 53.1 Å². The SMILES string of the molecule is CCN(CCN1CCN(c2ccc(OCCOC)cc2)CC1)c1cc2nc(-c3ccco3)nn2c(N)n1. The van der Waals surface area contributed by atoms with Crippen molar-refractivity contribution >= 4 is 23.1 Å². The molecule has 11 nitrogen and oxygen atoms in total. The Morgan fingerprint density at radius 2 is 1.86 bits per heavy atom. The third-order valence-corrected chi connectivity index (χ3v) is 6.60. The van der Waals surface area contributed by atoms with Gasteiger partial charge in [0.05, 0.1) is 12.9 Å². The number of fused-ring (bicyclic) bond motifs is 1. The molecule has 0 unspecified atom stereocenters. The minimum absolute atomic E-state index is 0.306. The molecule has 1 aromatic carbocycles. The second-order valence-electron chi connectivity index (χ2n) is 8.90. The van der Waals surface area contributed by atoms with Crippen molar-refractivity contribution in [1.82, 2.24) is 24.5 Å². The van der Waals surface area contributed by atoms with E-state index in [4.69, 9.17) is 19.6 Å². The molecule has 1 aliphatic heterocycles. The van der Waals surface area contributed by atoms with Gasteiger partial charge in [0.2, 0.25) is 11.8 Å². The highest BCUT2D eigenvalue weighted by Gasteiger charge is 2.19. The van der Waals surface area contributed by atoms with Crippen LogP contribution in [-0.4, -0.2) is 90.6 Å². The number of likely N-dealkylation sites (N-methyl/N-ethyl adjacent to an activating group) is 1. The molecule has 1 fully saturated rings. The third kappa shape index (κ3) is 5.78. The van der Waals surface area contributed by atoms with E-state index in [1.165, 1.54) is 5.69 Å². The van der Waals surface area contributed by atoms with E-state index in [1.807, 2.05) is 30.3 Å². The number of nitrogens with zero attached hydrogens (tertiary/aromatic N) is 7. The fraction of sp³-hybridized carbons (Fsp3) is 0.423. The Hall–Kier alpha value is -3.83. The molecule has 3 aromatic heterocycles. The summed E-state index contributed by atoms with van der Waals surface area (Å²) in [6, 6.07) is 13.9. The van der Waals surface area contributed by atoms with Crippen LogP contribution in [-0.2, 0) is 4.74 Å². The van der Waals surface area contributed by atoms with Gasteiger partial charge in [-0.3, -0.25) is 4.90 Å². The minimum Gasteiger partial charge on any atom is -0.491 e. The van der Waals surface area contributed by atoms with Crippen LogP contribution >= 0.6 is 0 Å². The molecule has 0 spiro atoms. The number of aromatic nitrogens is 4. The zero-order chi connectivity index (χ0) is 25.6. The van der Waals surface area contributed by atoms with Crippen LogP contribution in [0.4, 0.5) is 17.5 Å². The maximum Gasteiger partial charge on any atom is 0.225 e. The molecule has 0 amide bonds. The van der Waals surface area contributed by atoms with Crippen LogP contribution in [0.5, 0.6) is 5.75 Å². The molecule has 1 aliphatic rings. The smallest absolute Gasteiger partial charge is 0.225 e. The lowest BCUT2D eigenvalue weighted by atomic mass is 10.2. The second-order valence-corrected chi connectivity index (χ2v) is 8.90. The average molecular weight is 507 g/mol. The van der Waals surface area contributed by atoms with Crippen molar-refractivity contribution in [3.05, 3.63) is 48.7 Å². The summed E-state index contributed by atoms with van der Waals surface area (Å²) >= 11 is 0. The lowest BCUT2D eigenvalue weighted by molar-refractivity contribution is 0.146. The molecule has 1 saturated heterocycles. The quantitative estimate of drug-likeness (QED) is 0.305. The number of methoxy groups -OCH3 is 1. The van der Waals surface area contributed by atoms with Crippen molar-refractivity contribution in [2.75, 3.05) is 81.7 Å². The van der Waals surface area contributed by atoms with Crippen molar-refractivity contribution in [3.8, 4) is 17.3 Å². The Morgan fingerprint density at radius 3 is 2.57 bits per heavy atom. The van der Waals surface area contributed by atoms with Gasteiger partial charge in [-0.25, -0.2) is 4.98 Å². The monoisotopic (exact) mass is 506 g/mol. The number of piperazine rings is 1. The summed E-state index contributed by atoms with van der Waals surface area (Å²) in [5.41, 5.74) is 8.10. The zero-order valence-electron chi connectivity index (χ0n) is 21.4. The molecular formula is C26H34N8O3. The van der Waals surface area contributed by atoms with Crippen molar-refractivity contribution in [1.29, 1.82) is 0 Å². The van der Waals surface area contributed by atoms with Gasteiger partial charge in [-0.05, 0) is 43.3 Å². The predicted molar refractivity (Wildman–Crippen MR) is 143 cm³/mol. The van der Waals surface area contributed by atoms with Gasteiger partial charge in [-0.1, -0.05) is 0 Å². The largest absolute Gasteiger partial charge is 0.491 e. The molecule has 37 heavy (non-hydrogen) atoms. The summed E-state index contributed by atoms with van der Waals surface area (Å²) in [5.74, 6) is 3.07. The number of furan rings is 1. The van der Waals surface area contributed by atoms with Gasteiger partial charge >= 0.3 is 0 Å². The van der Waals surface area contributed by atoms with Gasteiger partial charge < -0.3 is 29.4 Å². The van der Waals surface area contributed by atoms with Gasteiger partial charge in [0, 0.05) is 64.7 Å². The first-order valence-corrected chi connectivity index (χ1v) is 12.7. The van der Waals surface area contributed by atoms with Crippen LogP contribution in [0.25, 0.3) is 17.2 Å². The van der Waals surface area contributed by atoms with Gasteiger partial charge in [0.25, 0.3) is 0 Å². The highest BCUT2D eigenvalue weighted by atomic mass is 16.5. The Morgan fingerprint density at radius 1 is 1.05 bits per heavy atom.